The zero-order valence-corrected chi connectivity index (χ0v) is 74.5. The molecule has 16 heteroatoms. The Bertz CT molecular complexity index is 4700. The third-order valence-corrected chi connectivity index (χ3v) is 31.8. The van der Waals surface area contributed by atoms with Crippen LogP contribution in [0.4, 0.5) is 70.2 Å². The van der Waals surface area contributed by atoms with Crippen LogP contribution in [0.2, 0.25) is 0 Å². The molecule has 8 aromatic carbocycles. The molecule has 0 atom stereocenters. The average Bonchev–Trinajstić information content (AvgIpc) is 0.801. The van der Waals surface area contributed by atoms with Crippen LogP contribution < -0.4 is 0 Å². The van der Waals surface area contributed by atoms with Gasteiger partial charge in [0.25, 0.3) is 0 Å². The molecule has 8 saturated carbocycles. The van der Waals surface area contributed by atoms with Gasteiger partial charge in [0.05, 0.1) is 22.3 Å². The number of hydrogen-bond acceptors (Lipinski definition) is 0. The van der Waals surface area contributed by atoms with E-state index in [1.807, 2.05) is 0 Å². The highest BCUT2D eigenvalue weighted by atomic mass is 19.2. The fourth-order valence-electron chi connectivity index (χ4n) is 24.2. The van der Waals surface area contributed by atoms with Crippen LogP contribution >= 0.6 is 0 Å². The van der Waals surface area contributed by atoms with E-state index in [2.05, 4.69) is 27.7 Å². The highest BCUT2D eigenvalue weighted by Crippen LogP contribution is 2.52. The lowest BCUT2D eigenvalue weighted by Gasteiger charge is -2.38. The molecule has 16 rings (SSSR count). The predicted molar refractivity (Wildman–Crippen MR) is 483 cm³/mol. The van der Waals surface area contributed by atoms with Crippen molar-refractivity contribution in [3.8, 4) is 44.5 Å². The van der Waals surface area contributed by atoms with E-state index in [-0.39, 0.29) is 75.6 Å². The molecule has 692 valence electrons. The second-order valence-electron chi connectivity index (χ2n) is 39.4. The normalized spacial score (nSPS) is 26.3. The zero-order chi connectivity index (χ0) is 89.2. The number of hydrogen-bond donors (Lipinski definition) is 0. The highest BCUT2D eigenvalue weighted by molar-refractivity contribution is 5.69. The first-order valence-corrected chi connectivity index (χ1v) is 48.6. The third-order valence-electron chi connectivity index (χ3n) is 31.8. The van der Waals surface area contributed by atoms with Gasteiger partial charge in [0.2, 0.25) is 0 Å². The molecule has 0 aromatic heterocycles. The second-order valence-corrected chi connectivity index (χ2v) is 39.4. The lowest BCUT2D eigenvalue weighted by molar-refractivity contribution is 0.155. The first-order chi connectivity index (χ1) is 60.8. The van der Waals surface area contributed by atoms with Crippen LogP contribution in [0.1, 0.15) is 351 Å². The molecule has 0 spiro atoms. The highest BCUT2D eigenvalue weighted by Gasteiger charge is 2.38. The molecule has 0 nitrogen and oxygen atoms in total. The van der Waals surface area contributed by atoms with Gasteiger partial charge in [0, 0.05) is 0 Å². The van der Waals surface area contributed by atoms with Gasteiger partial charge in [0.1, 0.15) is 46.5 Å². The Morgan fingerprint density at radius 1 is 0.189 bits per heavy atom. The Kier molecular flexibility index (Phi) is 36.6. The first-order valence-electron chi connectivity index (χ1n) is 48.6. The van der Waals surface area contributed by atoms with E-state index in [0.29, 0.717) is 22.3 Å². The number of rotatable bonds is 22. The smallest absolute Gasteiger partial charge is 0.159 e. The summed E-state index contributed by atoms with van der Waals surface area (Å²) < 4.78 is 225. The zero-order valence-electron chi connectivity index (χ0n) is 74.5. The Balaban J connectivity index is 0.000000153. The minimum absolute atomic E-state index is 0. The van der Waals surface area contributed by atoms with Gasteiger partial charge >= 0.3 is 0 Å². The van der Waals surface area contributed by atoms with Crippen LogP contribution in [0.25, 0.3) is 44.5 Å². The molecule has 0 bridgehead atoms. The Labute approximate surface area is 746 Å². The molecule has 0 aliphatic heterocycles. The fourth-order valence-corrected chi connectivity index (χ4v) is 24.2. The second kappa shape index (κ2) is 47.1. The summed E-state index contributed by atoms with van der Waals surface area (Å²) in [6, 6.07) is 22.9. The van der Waals surface area contributed by atoms with Crippen LogP contribution in [-0.2, 0) is 0 Å². The number of halogens is 16. The number of unbranched alkanes of at least 4 members (excludes halogenated alkanes) is 3. The summed E-state index contributed by atoms with van der Waals surface area (Å²) in [6.07, 6.45) is 51.7. The molecule has 0 N–H and O–H groups in total. The molecule has 0 unspecified atom stereocenters. The molecule has 8 aromatic rings. The maximum atomic E-state index is 14.8. The quantitative estimate of drug-likeness (QED) is 0.0469. The molecule has 8 aliphatic rings. The molecular weight excluding hydrogens is 1640 g/mol. The van der Waals surface area contributed by atoms with E-state index < -0.39 is 93.1 Å². The van der Waals surface area contributed by atoms with Crippen LogP contribution in [0.15, 0.2) is 121 Å². The minimum Gasteiger partial charge on any atom is -0.206 e. The maximum absolute atomic E-state index is 14.8. The molecule has 8 aliphatic carbocycles. The van der Waals surface area contributed by atoms with Crippen molar-refractivity contribution in [2.24, 2.45) is 71.0 Å². The van der Waals surface area contributed by atoms with Gasteiger partial charge in [-0.3, -0.25) is 0 Å². The van der Waals surface area contributed by atoms with Gasteiger partial charge in [-0.25, -0.2) is 70.2 Å². The van der Waals surface area contributed by atoms with E-state index in [9.17, 15) is 70.2 Å². The number of benzene rings is 8. The van der Waals surface area contributed by atoms with Gasteiger partial charge in [-0.05, 0) is 390 Å². The van der Waals surface area contributed by atoms with Gasteiger partial charge in [-0.1, -0.05) is 175 Å². The van der Waals surface area contributed by atoms with Gasteiger partial charge < -0.3 is 0 Å². The predicted octanol–water partition coefficient (Wildman–Crippen LogP) is 36.6. The van der Waals surface area contributed by atoms with E-state index in [0.717, 1.165) is 222 Å². The van der Waals surface area contributed by atoms with E-state index >= 15 is 0 Å². The van der Waals surface area contributed by atoms with Crippen LogP contribution in [0.5, 0.6) is 0 Å². The van der Waals surface area contributed by atoms with Crippen LogP contribution in [0, 0.1) is 164 Å². The van der Waals surface area contributed by atoms with Gasteiger partial charge in [-0.15, -0.1) is 0 Å². The standard InChI is InChI=1S/C29H36F4.C28H34F4.C27H32F4.C26H30F4.CH4/c1-2-3-4-5-19-6-8-20(9-7-19)21-10-12-22(13-11-21)24-17-27(32)29(28(33)18-24)23-14-15-25(30)26(31)16-23;1-2-3-4-18-5-7-19(8-6-18)20-9-11-21(12-10-20)23-16-26(31)28(27(32)17-23)22-13-14-24(29)25(30)15-22;1-2-3-17-4-6-18(7-5-17)19-8-10-20(11-9-19)22-15-25(30)27(26(31)16-22)21-12-13-23(28)24(29)14-21;1-2-16-3-5-17(6-4-16)18-7-9-19(10-8-18)21-14-24(29)26(25(30)15-21)20-11-12-22(27)23(28)13-20;/h14-22H,2-13H2,1H3;13-21H,2-12H2,1H3;12-20H,2-11H2,1H3;11-19H,2-10H2,1H3;1H4. The summed E-state index contributed by atoms with van der Waals surface area (Å²) in [5, 5.41) is 0. The van der Waals surface area contributed by atoms with Crippen molar-refractivity contribution in [1.82, 2.24) is 0 Å². The summed E-state index contributed by atoms with van der Waals surface area (Å²) >= 11 is 0. The lowest BCUT2D eigenvalue weighted by atomic mass is 9.68. The fraction of sp³-hybridized carbons (Fsp3) is 0.568. The van der Waals surface area contributed by atoms with Crippen molar-refractivity contribution in [2.45, 2.75) is 328 Å². The summed E-state index contributed by atoms with van der Waals surface area (Å²) in [5.41, 5.74) is 1.65. The average molecular weight is 1770 g/mol. The van der Waals surface area contributed by atoms with Crippen molar-refractivity contribution in [1.29, 1.82) is 0 Å². The van der Waals surface area contributed by atoms with Gasteiger partial charge in [-0.2, -0.15) is 0 Å². The molecular formula is C111H136F16. The molecule has 0 heterocycles. The largest absolute Gasteiger partial charge is 0.206 e. The van der Waals surface area contributed by atoms with Crippen molar-refractivity contribution >= 4 is 0 Å². The SMILES string of the molecule is C.CCC1CCC(C2CCC(c3cc(F)c(-c4ccc(F)c(F)c4)c(F)c3)CC2)CC1.CCCC1CCC(C2CCC(c3cc(F)c(-c4ccc(F)c(F)c4)c(F)c3)CC2)CC1.CCCCC1CCC(C2CCC(c3cc(F)c(-c4ccc(F)c(F)c4)c(F)c3)CC2)CC1.CCCCCC1CCC(C2CCC(c3cc(F)c(-c4ccc(F)c(F)c4)c(F)c3)CC2)CC1. The van der Waals surface area contributed by atoms with Crippen molar-refractivity contribution < 1.29 is 70.2 Å². The third kappa shape index (κ3) is 25.7. The lowest BCUT2D eigenvalue weighted by Crippen LogP contribution is -2.25. The maximum Gasteiger partial charge on any atom is 0.159 e. The Hall–Kier alpha value is -7.36. The van der Waals surface area contributed by atoms with Crippen molar-refractivity contribution in [3.05, 3.63) is 237 Å². The van der Waals surface area contributed by atoms with E-state index in [1.54, 1.807) is 0 Å². The summed E-state index contributed by atoms with van der Waals surface area (Å²) in [6.45, 7) is 9.07. The van der Waals surface area contributed by atoms with Crippen LogP contribution in [-0.4, -0.2) is 0 Å². The van der Waals surface area contributed by atoms with Crippen molar-refractivity contribution in [2.75, 3.05) is 0 Å². The molecule has 0 radical (unpaired) electrons. The molecule has 0 saturated heterocycles. The minimum atomic E-state index is -1.11. The molecule has 0 amide bonds. The molecule has 127 heavy (non-hydrogen) atoms. The Morgan fingerprint density at radius 3 is 0.583 bits per heavy atom. The Morgan fingerprint density at radius 2 is 0.386 bits per heavy atom. The van der Waals surface area contributed by atoms with E-state index in [4.69, 9.17) is 0 Å². The summed E-state index contributed by atoms with van der Waals surface area (Å²) in [5.74, 6) is -3.69. The first kappa shape index (κ1) is 98.7. The monoisotopic (exact) mass is 1770 g/mol. The summed E-state index contributed by atoms with van der Waals surface area (Å²) in [7, 11) is 0. The molecule has 8 fully saturated rings. The van der Waals surface area contributed by atoms with Gasteiger partial charge in [0.15, 0.2) is 46.5 Å². The van der Waals surface area contributed by atoms with Crippen LogP contribution in [0.3, 0.4) is 0 Å². The topological polar surface area (TPSA) is 0 Å². The van der Waals surface area contributed by atoms with E-state index in [1.165, 1.54) is 240 Å². The summed E-state index contributed by atoms with van der Waals surface area (Å²) in [4.78, 5) is 0. The van der Waals surface area contributed by atoms with Crippen molar-refractivity contribution in [3.63, 3.8) is 0 Å².